The number of hydrogen-bond donors (Lipinski definition) is 2. The molecule has 0 spiro atoms. The normalized spacial score (nSPS) is 12.5. The number of rotatable bonds is 7. The molecule has 0 saturated heterocycles. The van der Waals surface area contributed by atoms with E-state index in [1.807, 2.05) is 0 Å². The summed E-state index contributed by atoms with van der Waals surface area (Å²) in [6.07, 6.45) is 3.05. The highest BCUT2D eigenvalue weighted by Gasteiger charge is 2.04. The molecule has 1 amide bonds. The van der Waals surface area contributed by atoms with Gasteiger partial charge in [-0.25, -0.2) is 0 Å². The Morgan fingerprint density at radius 3 is 2.85 bits per heavy atom. The molecule has 0 aliphatic heterocycles. The molecule has 0 radical (unpaired) electrons. The first-order valence-electron chi connectivity index (χ1n) is 4.57. The maximum absolute atomic E-state index is 11.1. The molecule has 0 aliphatic carbocycles. The fourth-order valence-electron chi connectivity index (χ4n) is 0.960. The zero-order valence-corrected chi connectivity index (χ0v) is 9.19. The number of aliphatic hydroxyl groups is 1. The number of nitrogens with one attached hydrogen (secondary N) is 1. The third-order valence-corrected chi connectivity index (χ3v) is 2.56. The zero-order valence-electron chi connectivity index (χ0n) is 8.38. The van der Waals surface area contributed by atoms with E-state index in [9.17, 15) is 4.79 Å². The Morgan fingerprint density at radius 2 is 2.31 bits per heavy atom. The molecule has 0 aromatic carbocycles. The molecule has 0 aliphatic rings. The highest BCUT2D eigenvalue weighted by Crippen LogP contribution is 2.02. The van der Waals surface area contributed by atoms with E-state index in [-0.39, 0.29) is 12.5 Å². The minimum absolute atomic E-state index is 0.0435. The average molecular weight is 205 g/mol. The summed E-state index contributed by atoms with van der Waals surface area (Å²) >= 11 is 1.79. The highest BCUT2D eigenvalue weighted by molar-refractivity contribution is 7.98. The fraction of sp³-hybridized carbons (Fsp3) is 0.889. The number of amides is 1. The van der Waals surface area contributed by atoms with E-state index >= 15 is 0 Å². The Labute approximate surface area is 84.3 Å². The number of carbonyl (C=O) groups excluding carboxylic acids is 1. The lowest BCUT2D eigenvalue weighted by Crippen LogP contribution is -2.28. The van der Waals surface area contributed by atoms with Crippen LogP contribution in [-0.2, 0) is 4.79 Å². The predicted molar refractivity (Wildman–Crippen MR) is 56.9 cm³/mol. The maximum Gasteiger partial charge on any atom is 0.220 e. The summed E-state index contributed by atoms with van der Waals surface area (Å²) in [5.41, 5.74) is 0. The lowest BCUT2D eigenvalue weighted by Gasteiger charge is -2.10. The minimum atomic E-state index is 0.0435. The molecule has 4 heteroatoms. The van der Waals surface area contributed by atoms with Crippen molar-refractivity contribution in [3.05, 3.63) is 0 Å². The Bertz CT molecular complexity index is 142. The molecule has 0 rings (SSSR count). The molecule has 1 unspecified atom stereocenters. The quantitative estimate of drug-likeness (QED) is 0.648. The van der Waals surface area contributed by atoms with Crippen molar-refractivity contribution in [1.29, 1.82) is 0 Å². The molecule has 0 saturated carbocycles. The average Bonchev–Trinajstić information content (AvgIpc) is 2.12. The van der Waals surface area contributed by atoms with Crippen LogP contribution in [0.4, 0.5) is 0 Å². The summed E-state index contributed by atoms with van der Waals surface area (Å²) in [6, 6.07) is 0. The van der Waals surface area contributed by atoms with Gasteiger partial charge in [0, 0.05) is 19.6 Å². The number of hydrogen-bond acceptors (Lipinski definition) is 3. The van der Waals surface area contributed by atoms with Crippen LogP contribution < -0.4 is 5.32 Å². The second-order valence-corrected chi connectivity index (χ2v) is 4.10. The lowest BCUT2D eigenvalue weighted by atomic mass is 10.2. The van der Waals surface area contributed by atoms with Crippen LogP contribution in [0.25, 0.3) is 0 Å². The van der Waals surface area contributed by atoms with Crippen LogP contribution in [-0.4, -0.2) is 36.2 Å². The van der Waals surface area contributed by atoms with E-state index in [0.29, 0.717) is 18.8 Å². The van der Waals surface area contributed by atoms with E-state index in [2.05, 4.69) is 18.5 Å². The van der Waals surface area contributed by atoms with Crippen molar-refractivity contribution < 1.29 is 9.90 Å². The standard InChI is InChI=1S/C9H19NO2S/c1-8(7-13-2)6-10-9(12)4-3-5-11/h8,11H,3-7H2,1-2H3,(H,10,12). The third kappa shape index (κ3) is 8.12. The molecule has 2 N–H and O–H groups in total. The zero-order chi connectivity index (χ0) is 10.1. The Morgan fingerprint density at radius 1 is 1.62 bits per heavy atom. The van der Waals surface area contributed by atoms with E-state index < -0.39 is 0 Å². The maximum atomic E-state index is 11.1. The van der Waals surface area contributed by atoms with Gasteiger partial charge in [-0.1, -0.05) is 6.92 Å². The van der Waals surface area contributed by atoms with Gasteiger partial charge in [0.15, 0.2) is 0 Å². The summed E-state index contributed by atoms with van der Waals surface area (Å²) in [5.74, 6) is 1.63. The summed E-state index contributed by atoms with van der Waals surface area (Å²) < 4.78 is 0. The van der Waals surface area contributed by atoms with Crippen molar-refractivity contribution >= 4 is 17.7 Å². The van der Waals surface area contributed by atoms with Crippen LogP contribution >= 0.6 is 11.8 Å². The SMILES string of the molecule is CSCC(C)CNC(=O)CCCO. The van der Waals surface area contributed by atoms with Crippen LogP contribution in [0.3, 0.4) is 0 Å². The molecule has 1 atom stereocenters. The summed E-state index contributed by atoms with van der Waals surface area (Å²) in [5, 5.41) is 11.3. The first-order valence-corrected chi connectivity index (χ1v) is 5.96. The molecular formula is C9H19NO2S. The summed E-state index contributed by atoms with van der Waals surface area (Å²) in [4.78, 5) is 11.1. The fourth-order valence-corrected chi connectivity index (χ4v) is 1.65. The number of carbonyl (C=O) groups is 1. The molecule has 0 heterocycles. The van der Waals surface area contributed by atoms with Crippen molar-refractivity contribution in [2.24, 2.45) is 5.92 Å². The van der Waals surface area contributed by atoms with E-state index in [0.717, 1.165) is 12.3 Å². The largest absolute Gasteiger partial charge is 0.396 e. The molecule has 0 bridgehead atoms. The van der Waals surface area contributed by atoms with Gasteiger partial charge in [-0.3, -0.25) is 4.79 Å². The first-order chi connectivity index (χ1) is 6.20. The van der Waals surface area contributed by atoms with E-state index in [1.54, 1.807) is 11.8 Å². The second kappa shape index (κ2) is 8.38. The van der Waals surface area contributed by atoms with Crippen molar-refractivity contribution in [3.8, 4) is 0 Å². The van der Waals surface area contributed by atoms with Crippen LogP contribution in [0, 0.1) is 5.92 Å². The first kappa shape index (κ1) is 12.8. The molecule has 0 aromatic rings. The molecule has 78 valence electrons. The van der Waals surface area contributed by atoms with E-state index in [4.69, 9.17) is 5.11 Å². The minimum Gasteiger partial charge on any atom is -0.396 e. The van der Waals surface area contributed by atoms with Gasteiger partial charge in [0.25, 0.3) is 0 Å². The van der Waals surface area contributed by atoms with Crippen molar-refractivity contribution in [2.45, 2.75) is 19.8 Å². The number of thioether (sulfide) groups is 1. The van der Waals surface area contributed by atoms with Crippen LogP contribution in [0.2, 0.25) is 0 Å². The monoisotopic (exact) mass is 205 g/mol. The van der Waals surface area contributed by atoms with Gasteiger partial charge in [-0.05, 0) is 24.3 Å². The Kier molecular flexibility index (Phi) is 8.24. The smallest absolute Gasteiger partial charge is 0.220 e. The molecule has 13 heavy (non-hydrogen) atoms. The summed E-state index contributed by atoms with van der Waals surface area (Å²) in [7, 11) is 0. The Balaban J connectivity index is 3.34. The topological polar surface area (TPSA) is 49.3 Å². The van der Waals surface area contributed by atoms with Gasteiger partial charge in [0.2, 0.25) is 5.91 Å². The molecular weight excluding hydrogens is 186 g/mol. The van der Waals surface area contributed by atoms with Gasteiger partial charge < -0.3 is 10.4 Å². The van der Waals surface area contributed by atoms with Crippen molar-refractivity contribution in [1.82, 2.24) is 5.32 Å². The van der Waals surface area contributed by atoms with Gasteiger partial charge in [-0.15, -0.1) is 0 Å². The van der Waals surface area contributed by atoms with Gasteiger partial charge >= 0.3 is 0 Å². The molecule has 0 fully saturated rings. The third-order valence-electron chi connectivity index (χ3n) is 1.66. The van der Waals surface area contributed by atoms with Gasteiger partial charge in [0.1, 0.15) is 0 Å². The van der Waals surface area contributed by atoms with Crippen LogP contribution in [0.15, 0.2) is 0 Å². The molecule has 0 aromatic heterocycles. The van der Waals surface area contributed by atoms with Crippen LogP contribution in [0.1, 0.15) is 19.8 Å². The number of aliphatic hydroxyl groups excluding tert-OH is 1. The van der Waals surface area contributed by atoms with Crippen molar-refractivity contribution in [2.75, 3.05) is 25.2 Å². The van der Waals surface area contributed by atoms with Gasteiger partial charge in [0.05, 0.1) is 0 Å². The van der Waals surface area contributed by atoms with Gasteiger partial charge in [-0.2, -0.15) is 11.8 Å². The van der Waals surface area contributed by atoms with E-state index in [1.165, 1.54) is 0 Å². The van der Waals surface area contributed by atoms with Crippen molar-refractivity contribution in [3.63, 3.8) is 0 Å². The Hall–Kier alpha value is -0.220. The predicted octanol–water partition coefficient (Wildman–Crippen LogP) is 0.874. The second-order valence-electron chi connectivity index (χ2n) is 3.19. The molecule has 3 nitrogen and oxygen atoms in total. The summed E-state index contributed by atoms with van der Waals surface area (Å²) in [6.45, 7) is 2.95. The lowest BCUT2D eigenvalue weighted by molar-refractivity contribution is -0.121. The van der Waals surface area contributed by atoms with Crippen LogP contribution in [0.5, 0.6) is 0 Å². The highest BCUT2D eigenvalue weighted by atomic mass is 32.2.